The number of hydrogen-bond donors (Lipinski definition) is 2. The lowest BCUT2D eigenvalue weighted by Gasteiger charge is -2.04. The predicted molar refractivity (Wildman–Crippen MR) is 84.8 cm³/mol. The number of nitrogens with one attached hydrogen (secondary N) is 1. The first-order valence-corrected chi connectivity index (χ1v) is 7.53. The van der Waals surface area contributed by atoms with Crippen LogP contribution in [0.15, 0.2) is 30.3 Å². The van der Waals surface area contributed by atoms with Crippen LogP contribution in [0.2, 0.25) is 0 Å². The van der Waals surface area contributed by atoms with Crippen molar-refractivity contribution in [3.63, 3.8) is 0 Å². The quantitative estimate of drug-likeness (QED) is 0.830. The number of carbonyl (C=O) groups excluding carboxylic acids is 1. The third kappa shape index (κ3) is 4.10. The van der Waals surface area contributed by atoms with Gasteiger partial charge in [-0.3, -0.25) is 4.79 Å². The van der Waals surface area contributed by atoms with E-state index in [4.69, 9.17) is 5.73 Å². The maximum atomic E-state index is 11.8. The second-order valence-corrected chi connectivity index (χ2v) is 6.31. The van der Waals surface area contributed by atoms with E-state index in [2.05, 4.69) is 25.2 Å². The molecule has 20 heavy (non-hydrogen) atoms. The van der Waals surface area contributed by atoms with Crippen LogP contribution < -0.4 is 11.1 Å². The summed E-state index contributed by atoms with van der Waals surface area (Å²) >= 11 is 1.74. The SMILES string of the molecule is Cc1cc(CNC(=O)CCc2ccc(N)cc2)sc1C. The normalized spacial score (nSPS) is 10.5. The summed E-state index contributed by atoms with van der Waals surface area (Å²) in [5.41, 5.74) is 8.81. The number of aryl methyl sites for hydroxylation is 3. The molecule has 1 heterocycles. The van der Waals surface area contributed by atoms with Crippen LogP contribution in [-0.2, 0) is 17.8 Å². The molecule has 0 spiro atoms. The minimum atomic E-state index is 0.0885. The van der Waals surface area contributed by atoms with E-state index in [0.717, 1.165) is 17.7 Å². The molecule has 106 valence electrons. The first-order chi connectivity index (χ1) is 9.54. The first kappa shape index (κ1) is 14.6. The fraction of sp³-hybridized carbons (Fsp3) is 0.312. The summed E-state index contributed by atoms with van der Waals surface area (Å²) in [4.78, 5) is 14.3. The van der Waals surface area contributed by atoms with E-state index < -0.39 is 0 Å². The molecular formula is C16H20N2OS. The fourth-order valence-corrected chi connectivity index (χ4v) is 2.95. The highest BCUT2D eigenvalue weighted by molar-refractivity contribution is 7.12. The summed E-state index contributed by atoms with van der Waals surface area (Å²) in [7, 11) is 0. The lowest BCUT2D eigenvalue weighted by Crippen LogP contribution is -2.22. The third-order valence-corrected chi connectivity index (χ3v) is 4.45. The highest BCUT2D eigenvalue weighted by atomic mass is 32.1. The van der Waals surface area contributed by atoms with Gasteiger partial charge in [0.25, 0.3) is 0 Å². The van der Waals surface area contributed by atoms with E-state index in [9.17, 15) is 4.79 Å². The Morgan fingerprint density at radius 1 is 1.25 bits per heavy atom. The lowest BCUT2D eigenvalue weighted by molar-refractivity contribution is -0.121. The zero-order valence-electron chi connectivity index (χ0n) is 11.9. The van der Waals surface area contributed by atoms with Crippen LogP contribution in [-0.4, -0.2) is 5.91 Å². The molecule has 1 aromatic heterocycles. The summed E-state index contributed by atoms with van der Waals surface area (Å²) in [6, 6.07) is 9.80. The summed E-state index contributed by atoms with van der Waals surface area (Å²) in [5, 5.41) is 2.97. The molecule has 0 fully saturated rings. The van der Waals surface area contributed by atoms with Crippen molar-refractivity contribution >= 4 is 22.9 Å². The topological polar surface area (TPSA) is 55.1 Å². The third-order valence-electron chi connectivity index (χ3n) is 3.30. The zero-order chi connectivity index (χ0) is 14.5. The first-order valence-electron chi connectivity index (χ1n) is 6.71. The molecule has 3 N–H and O–H groups in total. The summed E-state index contributed by atoms with van der Waals surface area (Å²) in [6.45, 7) is 4.82. The minimum Gasteiger partial charge on any atom is -0.399 e. The van der Waals surface area contributed by atoms with Crippen LogP contribution >= 0.6 is 11.3 Å². The van der Waals surface area contributed by atoms with Gasteiger partial charge in [0.05, 0.1) is 6.54 Å². The second-order valence-electron chi connectivity index (χ2n) is 4.97. The Morgan fingerprint density at radius 3 is 2.55 bits per heavy atom. The number of benzene rings is 1. The molecule has 4 heteroatoms. The van der Waals surface area contributed by atoms with E-state index in [1.165, 1.54) is 15.3 Å². The summed E-state index contributed by atoms with van der Waals surface area (Å²) in [5.74, 6) is 0.0885. The van der Waals surface area contributed by atoms with Crippen LogP contribution in [0, 0.1) is 13.8 Å². The van der Waals surface area contributed by atoms with E-state index in [1.54, 1.807) is 11.3 Å². The second kappa shape index (κ2) is 6.57. The number of nitrogens with two attached hydrogens (primary N) is 1. The van der Waals surface area contributed by atoms with Crippen LogP contribution in [0.5, 0.6) is 0 Å². The average Bonchev–Trinajstić information content (AvgIpc) is 2.75. The number of rotatable bonds is 5. The number of anilines is 1. The van der Waals surface area contributed by atoms with E-state index in [0.29, 0.717) is 13.0 Å². The van der Waals surface area contributed by atoms with Crippen molar-refractivity contribution in [1.29, 1.82) is 0 Å². The molecule has 1 aromatic carbocycles. The van der Waals surface area contributed by atoms with Crippen LogP contribution in [0.4, 0.5) is 5.69 Å². The number of amides is 1. The van der Waals surface area contributed by atoms with Gasteiger partial charge in [-0.1, -0.05) is 12.1 Å². The molecule has 0 radical (unpaired) electrons. The molecule has 1 amide bonds. The molecule has 2 rings (SSSR count). The molecule has 0 unspecified atom stereocenters. The largest absolute Gasteiger partial charge is 0.399 e. The Kier molecular flexibility index (Phi) is 4.79. The van der Waals surface area contributed by atoms with Crippen LogP contribution in [0.3, 0.4) is 0 Å². The Hall–Kier alpha value is -1.81. The van der Waals surface area contributed by atoms with Gasteiger partial charge in [0.2, 0.25) is 5.91 Å². The Labute approximate surface area is 123 Å². The highest BCUT2D eigenvalue weighted by Crippen LogP contribution is 2.20. The number of carbonyl (C=O) groups is 1. The maximum Gasteiger partial charge on any atom is 0.220 e. The van der Waals surface area contributed by atoms with Crippen LogP contribution in [0.25, 0.3) is 0 Å². The van der Waals surface area contributed by atoms with Gasteiger partial charge in [0.1, 0.15) is 0 Å². The van der Waals surface area contributed by atoms with Crippen molar-refractivity contribution in [3.05, 3.63) is 51.2 Å². The van der Waals surface area contributed by atoms with Gasteiger partial charge in [-0.05, 0) is 49.6 Å². The number of hydrogen-bond acceptors (Lipinski definition) is 3. The fourth-order valence-electron chi connectivity index (χ4n) is 1.95. The smallest absolute Gasteiger partial charge is 0.220 e. The predicted octanol–water partition coefficient (Wildman–Crippen LogP) is 3.20. The summed E-state index contributed by atoms with van der Waals surface area (Å²) in [6.07, 6.45) is 1.25. The molecule has 0 atom stereocenters. The lowest BCUT2D eigenvalue weighted by atomic mass is 10.1. The van der Waals surface area contributed by atoms with Crippen molar-refractivity contribution in [2.24, 2.45) is 0 Å². The number of nitrogen functional groups attached to an aromatic ring is 1. The van der Waals surface area contributed by atoms with Gasteiger partial charge in [0.15, 0.2) is 0 Å². The number of thiophene rings is 1. The van der Waals surface area contributed by atoms with Crippen molar-refractivity contribution in [1.82, 2.24) is 5.32 Å². The van der Waals surface area contributed by atoms with Gasteiger partial charge < -0.3 is 11.1 Å². The van der Waals surface area contributed by atoms with E-state index in [-0.39, 0.29) is 5.91 Å². The van der Waals surface area contributed by atoms with Gasteiger partial charge in [0, 0.05) is 21.9 Å². The van der Waals surface area contributed by atoms with E-state index >= 15 is 0 Å². The Balaban J connectivity index is 1.76. The van der Waals surface area contributed by atoms with Gasteiger partial charge in [-0.2, -0.15) is 0 Å². The monoisotopic (exact) mass is 288 g/mol. The van der Waals surface area contributed by atoms with E-state index in [1.807, 2.05) is 24.3 Å². The Morgan fingerprint density at radius 2 is 1.95 bits per heavy atom. The van der Waals surface area contributed by atoms with Gasteiger partial charge in [-0.15, -0.1) is 11.3 Å². The van der Waals surface area contributed by atoms with Crippen molar-refractivity contribution in [3.8, 4) is 0 Å². The molecule has 0 saturated carbocycles. The molecule has 0 aliphatic carbocycles. The average molecular weight is 288 g/mol. The van der Waals surface area contributed by atoms with Crippen molar-refractivity contribution in [2.75, 3.05) is 5.73 Å². The van der Waals surface area contributed by atoms with Gasteiger partial charge in [-0.25, -0.2) is 0 Å². The molecular weight excluding hydrogens is 268 g/mol. The molecule has 3 nitrogen and oxygen atoms in total. The standard InChI is InChI=1S/C16H20N2OS/c1-11-9-15(20-12(11)2)10-18-16(19)8-5-13-3-6-14(17)7-4-13/h3-4,6-7,9H,5,8,10,17H2,1-2H3,(H,18,19). The maximum absolute atomic E-state index is 11.8. The molecule has 0 saturated heterocycles. The molecule has 2 aromatic rings. The zero-order valence-corrected chi connectivity index (χ0v) is 12.7. The molecule has 0 aliphatic rings. The molecule has 0 aliphatic heterocycles. The minimum absolute atomic E-state index is 0.0885. The van der Waals surface area contributed by atoms with Crippen LogP contribution in [0.1, 0.15) is 27.3 Å². The van der Waals surface area contributed by atoms with Crippen molar-refractivity contribution in [2.45, 2.75) is 33.2 Å². The summed E-state index contributed by atoms with van der Waals surface area (Å²) < 4.78 is 0. The highest BCUT2D eigenvalue weighted by Gasteiger charge is 2.05. The van der Waals surface area contributed by atoms with Crippen molar-refractivity contribution < 1.29 is 4.79 Å². The van der Waals surface area contributed by atoms with Gasteiger partial charge >= 0.3 is 0 Å². The molecule has 0 bridgehead atoms. The Bertz CT molecular complexity index is 568.